The summed E-state index contributed by atoms with van der Waals surface area (Å²) in [7, 11) is 0. The molecule has 6 atom stereocenters. The van der Waals surface area contributed by atoms with Gasteiger partial charge in [-0.15, -0.1) is 0 Å². The number of hydrogen-bond acceptors (Lipinski definition) is 3. The van der Waals surface area contributed by atoms with Gasteiger partial charge in [-0.1, -0.05) is 52.3 Å². The number of carbonyl (C=O) groups excluding carboxylic acids is 2. The van der Waals surface area contributed by atoms with Crippen LogP contribution in [0.2, 0.25) is 0 Å². The van der Waals surface area contributed by atoms with Gasteiger partial charge in [-0.25, -0.2) is 0 Å². The fourth-order valence-corrected chi connectivity index (χ4v) is 8.60. The van der Waals surface area contributed by atoms with Crippen LogP contribution < -0.4 is 5.32 Å². The molecule has 0 aliphatic heterocycles. The van der Waals surface area contributed by atoms with E-state index in [0.717, 1.165) is 36.8 Å². The van der Waals surface area contributed by atoms with Gasteiger partial charge in [0, 0.05) is 22.4 Å². The summed E-state index contributed by atoms with van der Waals surface area (Å²) in [6, 6.07) is 0. The molecule has 3 fully saturated rings. The Morgan fingerprint density at radius 3 is 2.40 bits per heavy atom. The molecule has 0 spiro atoms. The van der Waals surface area contributed by atoms with Crippen molar-refractivity contribution in [3.8, 4) is 0 Å². The van der Waals surface area contributed by atoms with Gasteiger partial charge in [-0.2, -0.15) is 0 Å². The number of rotatable bonds is 2. The number of hydrogen-bond donors (Lipinski definition) is 2. The van der Waals surface area contributed by atoms with Gasteiger partial charge in [0.1, 0.15) is 0 Å². The predicted octanol–water partition coefficient (Wildman–Crippen LogP) is 6.75. The van der Waals surface area contributed by atoms with Crippen LogP contribution in [0.3, 0.4) is 0 Å². The van der Waals surface area contributed by atoms with Crippen LogP contribution in [0.1, 0.15) is 93.4 Å². The van der Waals surface area contributed by atoms with Crippen molar-refractivity contribution in [2.75, 3.05) is 0 Å². The molecular formula is C31H43NO3. The molecule has 2 N–H and O–H groups in total. The number of amides is 1. The fourth-order valence-electron chi connectivity index (χ4n) is 8.60. The fraction of sp³-hybridized carbons (Fsp3) is 0.677. The normalized spacial score (nSPS) is 42.7. The molecular weight excluding hydrogens is 434 g/mol. The Morgan fingerprint density at radius 2 is 1.71 bits per heavy atom. The largest absolute Gasteiger partial charge is 0.504 e. The molecule has 0 aromatic rings. The summed E-state index contributed by atoms with van der Waals surface area (Å²) in [5.74, 6) is 0.929. The monoisotopic (exact) mass is 477 g/mol. The molecule has 4 nitrogen and oxygen atoms in total. The average Bonchev–Trinajstić information content (AvgIpc) is 2.78. The summed E-state index contributed by atoms with van der Waals surface area (Å²) in [5, 5.41) is 13.7. The third-order valence-electron chi connectivity index (χ3n) is 11.0. The third kappa shape index (κ3) is 3.45. The lowest BCUT2D eigenvalue weighted by Gasteiger charge is -2.65. The van der Waals surface area contributed by atoms with Crippen molar-refractivity contribution in [1.29, 1.82) is 0 Å². The lowest BCUT2D eigenvalue weighted by molar-refractivity contribution is -0.130. The van der Waals surface area contributed by atoms with Crippen molar-refractivity contribution in [3.63, 3.8) is 0 Å². The van der Waals surface area contributed by atoms with Gasteiger partial charge in [0.05, 0.1) is 0 Å². The maximum atomic E-state index is 12.7. The van der Waals surface area contributed by atoms with E-state index < -0.39 is 0 Å². The number of ketones is 1. The second-order valence-corrected chi connectivity index (χ2v) is 13.6. The van der Waals surface area contributed by atoms with Crippen LogP contribution in [-0.2, 0) is 9.59 Å². The molecule has 4 heteroatoms. The summed E-state index contributed by atoms with van der Waals surface area (Å²) in [6.45, 7) is 15.4. The number of aliphatic hydroxyl groups is 1. The molecule has 35 heavy (non-hydrogen) atoms. The Balaban J connectivity index is 1.53. The van der Waals surface area contributed by atoms with E-state index in [-0.39, 0.29) is 39.7 Å². The van der Waals surface area contributed by atoms with Crippen molar-refractivity contribution in [2.45, 2.75) is 99.0 Å². The number of aliphatic hydroxyl groups excluding tert-OH is 1. The SMILES string of the molecule is CC1=C(O)C(=O)C=C2C1=CC=C1[C@@]2(C)CCC2[C@@H]3C[C@](C)(NC(=O)C(C)C)CC[C@]3(C)CC[C@]12C. The highest BCUT2D eigenvalue weighted by molar-refractivity contribution is 6.06. The van der Waals surface area contributed by atoms with Gasteiger partial charge in [0.15, 0.2) is 5.76 Å². The number of allylic oxidation sites excluding steroid dienone is 7. The molecule has 0 aromatic carbocycles. The second kappa shape index (κ2) is 7.70. The minimum atomic E-state index is -0.260. The smallest absolute Gasteiger partial charge is 0.222 e. The number of fused-ring (bicyclic) bond motifs is 7. The van der Waals surface area contributed by atoms with E-state index in [0.29, 0.717) is 22.8 Å². The van der Waals surface area contributed by atoms with Crippen LogP contribution in [-0.4, -0.2) is 22.3 Å². The van der Waals surface area contributed by atoms with Crippen LogP contribution >= 0.6 is 0 Å². The molecule has 0 aromatic heterocycles. The zero-order chi connectivity index (χ0) is 25.6. The van der Waals surface area contributed by atoms with Crippen LogP contribution in [0.15, 0.2) is 46.3 Å². The van der Waals surface area contributed by atoms with Crippen LogP contribution in [0.5, 0.6) is 0 Å². The first-order valence-corrected chi connectivity index (χ1v) is 13.7. The summed E-state index contributed by atoms with van der Waals surface area (Å²) in [4.78, 5) is 25.3. The molecule has 1 amide bonds. The summed E-state index contributed by atoms with van der Waals surface area (Å²) in [6.07, 6.45) is 14.0. The first-order valence-electron chi connectivity index (χ1n) is 13.7. The Bertz CT molecular complexity index is 1120. The highest BCUT2D eigenvalue weighted by Gasteiger charge is 2.61. The lowest BCUT2D eigenvalue weighted by Crippen LogP contribution is -2.60. The van der Waals surface area contributed by atoms with E-state index in [2.05, 4.69) is 45.2 Å². The zero-order valence-corrected chi connectivity index (χ0v) is 22.7. The molecule has 0 bridgehead atoms. The molecule has 1 unspecified atom stereocenters. The Morgan fingerprint density at radius 1 is 1.03 bits per heavy atom. The molecule has 0 radical (unpaired) electrons. The number of nitrogens with one attached hydrogen (secondary N) is 1. The predicted molar refractivity (Wildman–Crippen MR) is 140 cm³/mol. The highest BCUT2D eigenvalue weighted by Crippen LogP contribution is 2.70. The summed E-state index contributed by atoms with van der Waals surface area (Å²) in [5.41, 5.74) is 4.37. The highest BCUT2D eigenvalue weighted by atomic mass is 16.3. The third-order valence-corrected chi connectivity index (χ3v) is 11.0. The van der Waals surface area contributed by atoms with Crippen molar-refractivity contribution < 1.29 is 14.7 Å². The maximum absolute atomic E-state index is 12.7. The van der Waals surface area contributed by atoms with E-state index in [1.54, 1.807) is 6.08 Å². The van der Waals surface area contributed by atoms with Gasteiger partial charge >= 0.3 is 0 Å². The van der Waals surface area contributed by atoms with Gasteiger partial charge < -0.3 is 10.4 Å². The van der Waals surface area contributed by atoms with E-state index in [4.69, 9.17) is 0 Å². The Kier molecular flexibility index (Phi) is 5.41. The quantitative estimate of drug-likeness (QED) is 0.462. The van der Waals surface area contributed by atoms with Crippen LogP contribution in [0, 0.1) is 34.0 Å². The molecule has 5 aliphatic rings. The zero-order valence-electron chi connectivity index (χ0n) is 22.7. The minimum Gasteiger partial charge on any atom is -0.504 e. The lowest BCUT2D eigenvalue weighted by atomic mass is 9.40. The van der Waals surface area contributed by atoms with E-state index >= 15 is 0 Å². The van der Waals surface area contributed by atoms with Gasteiger partial charge in [-0.05, 0) is 98.7 Å². The van der Waals surface area contributed by atoms with E-state index in [9.17, 15) is 14.7 Å². The Hall–Kier alpha value is -2.10. The van der Waals surface area contributed by atoms with Crippen molar-refractivity contribution in [2.24, 2.45) is 34.0 Å². The van der Waals surface area contributed by atoms with Crippen molar-refractivity contribution in [3.05, 3.63) is 46.3 Å². The first-order chi connectivity index (χ1) is 16.2. The van der Waals surface area contributed by atoms with Gasteiger partial charge in [-0.3, -0.25) is 9.59 Å². The molecule has 0 saturated heterocycles. The van der Waals surface area contributed by atoms with Crippen molar-refractivity contribution in [1.82, 2.24) is 5.32 Å². The molecule has 3 saturated carbocycles. The van der Waals surface area contributed by atoms with Gasteiger partial charge in [0.2, 0.25) is 11.7 Å². The molecule has 0 heterocycles. The maximum Gasteiger partial charge on any atom is 0.222 e. The minimum absolute atomic E-state index is 0.00365. The van der Waals surface area contributed by atoms with Crippen LogP contribution in [0.4, 0.5) is 0 Å². The van der Waals surface area contributed by atoms with Crippen LogP contribution in [0.25, 0.3) is 0 Å². The molecule has 5 rings (SSSR count). The standard InChI is InChI=1S/C31H43NO3/c1-18(2)27(35)32-29(5)14-12-28(4)13-15-31(7)21(23(28)17-29)10-11-30(6)22-16-24(33)26(34)19(3)20(22)8-9-25(30)31/h8-9,16,18,21,23,34H,10-15,17H2,1-7H3,(H,32,35)/t21?,23-,28+,29+,30-,31-/m0/s1. The number of carbonyl (C=O) groups is 2. The topological polar surface area (TPSA) is 66.4 Å². The summed E-state index contributed by atoms with van der Waals surface area (Å²) < 4.78 is 0. The first kappa shape index (κ1) is 24.6. The summed E-state index contributed by atoms with van der Waals surface area (Å²) >= 11 is 0. The van der Waals surface area contributed by atoms with Gasteiger partial charge in [0.25, 0.3) is 0 Å². The van der Waals surface area contributed by atoms with E-state index in [1.165, 1.54) is 24.8 Å². The second-order valence-electron chi connectivity index (χ2n) is 13.6. The molecule has 5 aliphatic carbocycles. The average molecular weight is 478 g/mol. The van der Waals surface area contributed by atoms with E-state index in [1.807, 2.05) is 20.8 Å². The van der Waals surface area contributed by atoms with Crippen molar-refractivity contribution >= 4 is 11.7 Å². The Labute approximate surface area is 211 Å². The molecule has 190 valence electrons.